The van der Waals surface area contributed by atoms with Gasteiger partial charge in [0.2, 0.25) is 0 Å². The van der Waals surface area contributed by atoms with Crippen LogP contribution in [0.4, 0.5) is 5.82 Å². The second kappa shape index (κ2) is 4.79. The van der Waals surface area contributed by atoms with Gasteiger partial charge in [0.1, 0.15) is 12.1 Å². The zero-order valence-corrected chi connectivity index (χ0v) is 11.9. The number of fused-ring (bicyclic) bond motifs is 1. The van der Waals surface area contributed by atoms with Gasteiger partial charge in [-0.25, -0.2) is 9.97 Å². The highest BCUT2D eigenvalue weighted by atomic mass is 15.3. The summed E-state index contributed by atoms with van der Waals surface area (Å²) < 4.78 is 1.84. The Morgan fingerprint density at radius 1 is 1.21 bits per heavy atom. The van der Waals surface area contributed by atoms with Crippen LogP contribution in [-0.2, 0) is 7.05 Å². The Hall–Kier alpha value is -1.65. The molecular weight excluding hydrogens is 238 g/mol. The number of hydrogen-bond donors (Lipinski definition) is 0. The lowest BCUT2D eigenvalue weighted by molar-refractivity contribution is 0.426. The molecule has 19 heavy (non-hydrogen) atoms. The Bertz CT molecular complexity index is 583. The van der Waals surface area contributed by atoms with E-state index in [1.54, 1.807) is 6.33 Å². The molecule has 0 aromatic carbocycles. The van der Waals surface area contributed by atoms with E-state index in [4.69, 9.17) is 0 Å². The minimum atomic E-state index is 0.603. The summed E-state index contributed by atoms with van der Waals surface area (Å²) >= 11 is 0. The molecule has 5 heteroatoms. The van der Waals surface area contributed by atoms with E-state index in [1.807, 2.05) is 18.7 Å². The van der Waals surface area contributed by atoms with E-state index in [0.717, 1.165) is 22.5 Å². The third kappa shape index (κ3) is 2.07. The number of nitrogens with zero attached hydrogens (tertiary/aromatic N) is 5. The minimum absolute atomic E-state index is 0.603. The monoisotopic (exact) mass is 259 g/mol. The standard InChI is InChI=1S/C14H21N5/c1-10-12-13(15-9-16-14(12)19(3)17-10)18(2)11-7-5-4-6-8-11/h9,11H,4-8H2,1-3H3. The van der Waals surface area contributed by atoms with Gasteiger partial charge in [-0.1, -0.05) is 19.3 Å². The van der Waals surface area contributed by atoms with Crippen molar-refractivity contribution in [3.05, 3.63) is 12.0 Å². The Labute approximate surface area is 113 Å². The maximum absolute atomic E-state index is 4.52. The van der Waals surface area contributed by atoms with E-state index in [1.165, 1.54) is 32.1 Å². The average Bonchev–Trinajstić information content (AvgIpc) is 2.74. The molecule has 3 rings (SSSR count). The van der Waals surface area contributed by atoms with Crippen LogP contribution in [0.5, 0.6) is 0 Å². The molecule has 2 aromatic rings. The zero-order valence-electron chi connectivity index (χ0n) is 11.9. The first kappa shape index (κ1) is 12.4. The van der Waals surface area contributed by atoms with Crippen LogP contribution in [-0.4, -0.2) is 32.8 Å². The lowest BCUT2D eigenvalue weighted by Crippen LogP contribution is -2.34. The summed E-state index contributed by atoms with van der Waals surface area (Å²) in [4.78, 5) is 11.2. The van der Waals surface area contributed by atoms with Crippen LogP contribution in [0, 0.1) is 6.92 Å². The highest BCUT2D eigenvalue weighted by Crippen LogP contribution is 2.30. The molecule has 1 aliphatic carbocycles. The van der Waals surface area contributed by atoms with Crippen LogP contribution in [0.2, 0.25) is 0 Å². The van der Waals surface area contributed by atoms with E-state index in [9.17, 15) is 0 Å². The average molecular weight is 259 g/mol. The van der Waals surface area contributed by atoms with Crippen LogP contribution in [0.1, 0.15) is 37.8 Å². The first-order valence-electron chi connectivity index (χ1n) is 7.05. The minimum Gasteiger partial charge on any atom is -0.356 e. The van der Waals surface area contributed by atoms with Gasteiger partial charge < -0.3 is 4.90 Å². The van der Waals surface area contributed by atoms with Crippen molar-refractivity contribution in [3.8, 4) is 0 Å². The molecule has 0 N–H and O–H groups in total. The predicted octanol–water partition coefficient (Wildman–Crippen LogP) is 2.44. The molecule has 1 fully saturated rings. The summed E-state index contributed by atoms with van der Waals surface area (Å²) in [6.45, 7) is 2.03. The summed E-state index contributed by atoms with van der Waals surface area (Å²) in [5.41, 5.74) is 1.93. The van der Waals surface area contributed by atoms with Gasteiger partial charge in [-0.3, -0.25) is 4.68 Å². The molecule has 0 spiro atoms. The predicted molar refractivity (Wildman–Crippen MR) is 76.3 cm³/mol. The molecule has 0 amide bonds. The molecular formula is C14H21N5. The van der Waals surface area contributed by atoms with Crippen LogP contribution in [0.15, 0.2) is 6.33 Å². The summed E-state index contributed by atoms with van der Waals surface area (Å²) in [7, 11) is 4.09. The molecule has 2 heterocycles. The van der Waals surface area contributed by atoms with Gasteiger partial charge in [0.25, 0.3) is 0 Å². The Balaban J connectivity index is 2.04. The SMILES string of the molecule is Cc1nn(C)c2ncnc(N(C)C3CCCCC3)c12. The summed E-state index contributed by atoms with van der Waals surface area (Å²) in [5, 5.41) is 5.56. The molecule has 2 aromatic heterocycles. The van der Waals surface area contributed by atoms with Gasteiger partial charge in [0.05, 0.1) is 11.1 Å². The first-order valence-corrected chi connectivity index (χ1v) is 7.05. The van der Waals surface area contributed by atoms with Gasteiger partial charge in [-0.05, 0) is 19.8 Å². The van der Waals surface area contributed by atoms with E-state index in [0.29, 0.717) is 6.04 Å². The van der Waals surface area contributed by atoms with Crippen molar-refractivity contribution >= 4 is 16.9 Å². The van der Waals surface area contributed by atoms with Crippen molar-refractivity contribution in [1.82, 2.24) is 19.7 Å². The summed E-state index contributed by atoms with van der Waals surface area (Å²) in [6, 6.07) is 0.603. The van der Waals surface area contributed by atoms with Crippen LogP contribution < -0.4 is 4.90 Å². The van der Waals surface area contributed by atoms with E-state index < -0.39 is 0 Å². The third-order valence-electron chi connectivity index (χ3n) is 4.23. The van der Waals surface area contributed by atoms with Crippen LogP contribution >= 0.6 is 0 Å². The molecule has 0 bridgehead atoms. The molecule has 1 aliphatic rings. The Morgan fingerprint density at radius 3 is 2.68 bits per heavy atom. The molecule has 1 saturated carbocycles. The highest BCUT2D eigenvalue weighted by Gasteiger charge is 2.22. The van der Waals surface area contributed by atoms with Gasteiger partial charge in [0, 0.05) is 20.1 Å². The normalized spacial score (nSPS) is 17.0. The van der Waals surface area contributed by atoms with Crippen LogP contribution in [0.3, 0.4) is 0 Å². The van der Waals surface area contributed by atoms with Crippen molar-refractivity contribution < 1.29 is 0 Å². The van der Waals surface area contributed by atoms with Crippen molar-refractivity contribution in [2.24, 2.45) is 7.05 Å². The smallest absolute Gasteiger partial charge is 0.163 e. The molecule has 5 nitrogen and oxygen atoms in total. The molecule has 0 saturated heterocycles. The number of aromatic nitrogens is 4. The fraction of sp³-hybridized carbons (Fsp3) is 0.643. The van der Waals surface area contributed by atoms with Gasteiger partial charge in [0.15, 0.2) is 5.65 Å². The third-order valence-corrected chi connectivity index (χ3v) is 4.23. The summed E-state index contributed by atoms with van der Waals surface area (Å²) in [5.74, 6) is 1.03. The highest BCUT2D eigenvalue weighted by molar-refractivity contribution is 5.89. The van der Waals surface area contributed by atoms with Gasteiger partial charge in [-0.2, -0.15) is 5.10 Å². The lowest BCUT2D eigenvalue weighted by atomic mass is 9.94. The number of anilines is 1. The topological polar surface area (TPSA) is 46.8 Å². The van der Waals surface area contributed by atoms with Crippen molar-refractivity contribution in [1.29, 1.82) is 0 Å². The quantitative estimate of drug-likeness (QED) is 0.831. The number of rotatable bonds is 2. The van der Waals surface area contributed by atoms with Crippen molar-refractivity contribution in [2.75, 3.05) is 11.9 Å². The van der Waals surface area contributed by atoms with E-state index in [-0.39, 0.29) is 0 Å². The Kier molecular flexibility index (Phi) is 3.12. The first-order chi connectivity index (χ1) is 9.18. The molecule has 0 radical (unpaired) electrons. The van der Waals surface area contributed by atoms with Gasteiger partial charge >= 0.3 is 0 Å². The Morgan fingerprint density at radius 2 is 1.95 bits per heavy atom. The number of hydrogen-bond acceptors (Lipinski definition) is 4. The molecule has 0 atom stereocenters. The van der Waals surface area contributed by atoms with Crippen LogP contribution in [0.25, 0.3) is 11.0 Å². The van der Waals surface area contributed by atoms with Gasteiger partial charge in [-0.15, -0.1) is 0 Å². The fourth-order valence-corrected chi connectivity index (χ4v) is 3.17. The van der Waals surface area contributed by atoms with E-state index >= 15 is 0 Å². The maximum Gasteiger partial charge on any atom is 0.163 e. The van der Waals surface area contributed by atoms with Crippen molar-refractivity contribution in [3.63, 3.8) is 0 Å². The summed E-state index contributed by atoms with van der Waals surface area (Å²) in [6.07, 6.45) is 8.21. The second-order valence-corrected chi connectivity index (χ2v) is 5.51. The molecule has 0 unspecified atom stereocenters. The fourth-order valence-electron chi connectivity index (χ4n) is 3.17. The largest absolute Gasteiger partial charge is 0.356 e. The zero-order chi connectivity index (χ0) is 13.4. The maximum atomic E-state index is 4.52. The second-order valence-electron chi connectivity index (χ2n) is 5.51. The molecule has 0 aliphatic heterocycles. The lowest BCUT2D eigenvalue weighted by Gasteiger charge is -2.32. The number of aryl methyl sites for hydroxylation is 2. The van der Waals surface area contributed by atoms with Crippen molar-refractivity contribution in [2.45, 2.75) is 45.1 Å². The molecule has 102 valence electrons. The van der Waals surface area contributed by atoms with E-state index in [2.05, 4.69) is 27.0 Å².